The van der Waals surface area contributed by atoms with E-state index in [-0.39, 0.29) is 5.41 Å². The highest BCUT2D eigenvalue weighted by atomic mass is 15.0. The number of pyridine rings is 1. The molecule has 2 N–H and O–H groups in total. The van der Waals surface area contributed by atoms with E-state index < -0.39 is 0 Å². The first-order valence-electron chi connectivity index (χ1n) is 10.6. The molecule has 1 aliphatic carbocycles. The minimum absolute atomic E-state index is 0.0630. The molecular weight excluding hydrogens is 378 g/mol. The second kappa shape index (κ2) is 6.32. The van der Waals surface area contributed by atoms with Crippen LogP contribution in [0.1, 0.15) is 25.0 Å². The molecule has 1 aliphatic rings. The largest absolute Gasteiger partial charge is 0.399 e. The zero-order valence-electron chi connectivity index (χ0n) is 17.6. The first kappa shape index (κ1) is 18.0. The van der Waals surface area contributed by atoms with E-state index in [9.17, 15) is 0 Å². The minimum Gasteiger partial charge on any atom is -0.399 e. The van der Waals surface area contributed by atoms with Gasteiger partial charge in [0.1, 0.15) is 5.65 Å². The van der Waals surface area contributed by atoms with E-state index in [1.54, 1.807) is 0 Å². The lowest BCUT2D eigenvalue weighted by atomic mass is 9.81. The van der Waals surface area contributed by atoms with Crippen LogP contribution in [-0.4, -0.2) is 9.38 Å². The second-order valence-corrected chi connectivity index (χ2v) is 8.86. The molecule has 0 saturated carbocycles. The van der Waals surface area contributed by atoms with Crippen molar-refractivity contribution in [1.82, 2.24) is 9.38 Å². The van der Waals surface area contributed by atoms with Crippen molar-refractivity contribution in [3.05, 3.63) is 102 Å². The molecule has 0 amide bonds. The summed E-state index contributed by atoms with van der Waals surface area (Å²) in [5.74, 6) is 0. The Labute approximate surface area is 181 Å². The van der Waals surface area contributed by atoms with Gasteiger partial charge in [-0.2, -0.15) is 0 Å². The molecule has 2 heterocycles. The van der Waals surface area contributed by atoms with Crippen molar-refractivity contribution in [2.75, 3.05) is 5.73 Å². The summed E-state index contributed by atoms with van der Waals surface area (Å²) in [6.45, 7) is 4.57. The van der Waals surface area contributed by atoms with Gasteiger partial charge in [-0.1, -0.05) is 62.4 Å². The predicted molar refractivity (Wildman–Crippen MR) is 128 cm³/mol. The van der Waals surface area contributed by atoms with Crippen LogP contribution in [0, 0.1) is 0 Å². The lowest BCUT2D eigenvalue weighted by Gasteiger charge is -2.22. The van der Waals surface area contributed by atoms with Crippen molar-refractivity contribution >= 4 is 11.3 Å². The summed E-state index contributed by atoms with van der Waals surface area (Å²) in [4.78, 5) is 4.73. The standard InChI is InChI=1S/C28H23N3/c1-28(2)24-15-20(10-12-22(24)23-13-11-21(29)16-25(23)28)18-6-8-19(9-7-18)26-17-31-14-4-3-5-27(31)30-26/h3-17H,29H2,1-2H3. The van der Waals surface area contributed by atoms with Crippen LogP contribution >= 0.6 is 0 Å². The average Bonchev–Trinajstić information content (AvgIpc) is 3.31. The zero-order chi connectivity index (χ0) is 21.2. The van der Waals surface area contributed by atoms with Crippen LogP contribution < -0.4 is 5.73 Å². The maximum atomic E-state index is 6.09. The molecule has 0 atom stereocenters. The fraction of sp³-hybridized carbons (Fsp3) is 0.107. The number of benzene rings is 3. The number of rotatable bonds is 2. The highest BCUT2D eigenvalue weighted by Gasteiger charge is 2.35. The van der Waals surface area contributed by atoms with Gasteiger partial charge < -0.3 is 10.1 Å². The molecule has 3 nitrogen and oxygen atoms in total. The van der Waals surface area contributed by atoms with Crippen LogP contribution in [0.3, 0.4) is 0 Å². The van der Waals surface area contributed by atoms with E-state index in [0.717, 1.165) is 22.6 Å². The Morgan fingerprint density at radius 2 is 1.42 bits per heavy atom. The van der Waals surface area contributed by atoms with Crippen molar-refractivity contribution in [2.24, 2.45) is 0 Å². The van der Waals surface area contributed by atoms with Crippen molar-refractivity contribution in [1.29, 1.82) is 0 Å². The lowest BCUT2D eigenvalue weighted by molar-refractivity contribution is 0.661. The van der Waals surface area contributed by atoms with Crippen LogP contribution in [0.15, 0.2) is 91.3 Å². The van der Waals surface area contributed by atoms with Crippen molar-refractivity contribution in [2.45, 2.75) is 19.3 Å². The third-order valence-electron chi connectivity index (χ3n) is 6.58. The van der Waals surface area contributed by atoms with E-state index in [4.69, 9.17) is 10.7 Å². The fourth-order valence-corrected chi connectivity index (χ4v) is 4.84. The molecule has 31 heavy (non-hydrogen) atoms. The quantitative estimate of drug-likeness (QED) is 0.341. The number of nitrogens with zero attached hydrogens (tertiary/aromatic N) is 2. The summed E-state index contributed by atoms with van der Waals surface area (Å²) in [5, 5.41) is 0. The van der Waals surface area contributed by atoms with E-state index in [2.05, 4.69) is 79.0 Å². The van der Waals surface area contributed by atoms with E-state index >= 15 is 0 Å². The molecule has 0 radical (unpaired) electrons. The van der Waals surface area contributed by atoms with Crippen LogP contribution in [-0.2, 0) is 5.41 Å². The minimum atomic E-state index is -0.0630. The van der Waals surface area contributed by atoms with E-state index in [0.29, 0.717) is 0 Å². The molecule has 6 rings (SSSR count). The summed E-state index contributed by atoms with van der Waals surface area (Å²) in [6, 6.07) is 27.8. The normalized spacial score (nSPS) is 13.9. The molecule has 0 spiro atoms. The highest BCUT2D eigenvalue weighted by molar-refractivity contribution is 5.85. The van der Waals surface area contributed by atoms with Crippen LogP contribution in [0.25, 0.3) is 39.2 Å². The fourth-order valence-electron chi connectivity index (χ4n) is 4.84. The van der Waals surface area contributed by atoms with Crippen LogP contribution in [0.2, 0.25) is 0 Å². The molecule has 5 aromatic rings. The second-order valence-electron chi connectivity index (χ2n) is 8.86. The monoisotopic (exact) mass is 401 g/mol. The number of hydrogen-bond acceptors (Lipinski definition) is 2. The Hall–Kier alpha value is -3.85. The van der Waals surface area contributed by atoms with Crippen molar-refractivity contribution < 1.29 is 0 Å². The molecule has 0 bridgehead atoms. The number of fused-ring (bicyclic) bond motifs is 4. The van der Waals surface area contributed by atoms with Crippen molar-refractivity contribution in [3.63, 3.8) is 0 Å². The summed E-state index contributed by atoms with van der Waals surface area (Å²) in [5.41, 5.74) is 17.6. The van der Waals surface area contributed by atoms with Gasteiger partial charge in [0.15, 0.2) is 0 Å². The Balaban J connectivity index is 1.38. The first-order valence-corrected chi connectivity index (χ1v) is 10.6. The van der Waals surface area contributed by atoms with Gasteiger partial charge in [-0.15, -0.1) is 0 Å². The topological polar surface area (TPSA) is 43.3 Å². The predicted octanol–water partition coefficient (Wildman–Crippen LogP) is 6.56. The van der Waals surface area contributed by atoms with Crippen LogP contribution in [0.4, 0.5) is 5.69 Å². The third kappa shape index (κ3) is 2.70. The molecule has 0 fully saturated rings. The molecule has 0 unspecified atom stereocenters. The average molecular weight is 402 g/mol. The summed E-state index contributed by atoms with van der Waals surface area (Å²) in [7, 11) is 0. The van der Waals surface area contributed by atoms with Gasteiger partial charge in [0.25, 0.3) is 0 Å². The van der Waals surface area contributed by atoms with Gasteiger partial charge in [-0.3, -0.25) is 0 Å². The molecule has 0 saturated heterocycles. The lowest BCUT2D eigenvalue weighted by Crippen LogP contribution is -2.15. The number of anilines is 1. The summed E-state index contributed by atoms with van der Waals surface area (Å²) < 4.78 is 2.05. The van der Waals surface area contributed by atoms with Gasteiger partial charge in [0, 0.05) is 29.1 Å². The molecule has 0 aliphatic heterocycles. The third-order valence-corrected chi connectivity index (χ3v) is 6.58. The number of nitrogen functional groups attached to an aromatic ring is 1. The molecule has 3 aromatic carbocycles. The van der Waals surface area contributed by atoms with Gasteiger partial charge in [0.2, 0.25) is 0 Å². The Morgan fingerprint density at radius 1 is 0.742 bits per heavy atom. The maximum absolute atomic E-state index is 6.09. The van der Waals surface area contributed by atoms with E-state index in [1.165, 1.54) is 33.4 Å². The Morgan fingerprint density at radius 3 is 2.19 bits per heavy atom. The zero-order valence-corrected chi connectivity index (χ0v) is 17.6. The number of hydrogen-bond donors (Lipinski definition) is 1. The molecule has 3 heteroatoms. The maximum Gasteiger partial charge on any atom is 0.137 e. The Bertz CT molecular complexity index is 1420. The number of imidazole rings is 1. The van der Waals surface area contributed by atoms with E-state index in [1.807, 2.05) is 30.5 Å². The smallest absolute Gasteiger partial charge is 0.137 e. The number of aromatic nitrogens is 2. The summed E-state index contributed by atoms with van der Waals surface area (Å²) >= 11 is 0. The van der Waals surface area contributed by atoms with Gasteiger partial charge in [-0.05, 0) is 63.7 Å². The molecular formula is C28H23N3. The van der Waals surface area contributed by atoms with Crippen molar-refractivity contribution in [3.8, 4) is 33.5 Å². The van der Waals surface area contributed by atoms with Crippen LogP contribution in [0.5, 0.6) is 0 Å². The molecule has 150 valence electrons. The SMILES string of the molecule is CC1(C)c2cc(N)ccc2-c2ccc(-c3ccc(-c4cn5ccccc5n4)cc3)cc21. The number of nitrogens with two attached hydrogens (primary N) is 1. The Kier molecular flexibility index (Phi) is 3.66. The molecule has 2 aromatic heterocycles. The van der Waals surface area contributed by atoms with Gasteiger partial charge in [0.05, 0.1) is 5.69 Å². The summed E-state index contributed by atoms with van der Waals surface area (Å²) in [6.07, 6.45) is 4.10. The van der Waals surface area contributed by atoms with Gasteiger partial charge >= 0.3 is 0 Å². The first-order chi connectivity index (χ1) is 15.0. The van der Waals surface area contributed by atoms with Gasteiger partial charge in [-0.25, -0.2) is 4.98 Å². The highest BCUT2D eigenvalue weighted by Crippen LogP contribution is 2.50.